The average Bonchev–Trinajstić information content (AvgIpc) is 3.26. The number of para-hydroxylation sites is 1. The number of nitrogens with one attached hydrogen (secondary N) is 1. The molecule has 6 rings (SSSR count). The van der Waals surface area contributed by atoms with Gasteiger partial charge in [0.05, 0.1) is 12.2 Å². The molecule has 0 bridgehead atoms. The van der Waals surface area contributed by atoms with Gasteiger partial charge in [-0.2, -0.15) is 0 Å². The van der Waals surface area contributed by atoms with Crippen molar-refractivity contribution in [1.29, 1.82) is 0 Å². The van der Waals surface area contributed by atoms with Gasteiger partial charge in [-0.3, -0.25) is 0 Å². The molecule has 1 N–H and O–H groups in total. The first kappa shape index (κ1) is 26.5. The smallest absolute Gasteiger partial charge is 0.340 e. The topological polar surface area (TPSA) is 55.7 Å². The summed E-state index contributed by atoms with van der Waals surface area (Å²) in [6.07, 6.45) is 9.86. The number of anilines is 1. The first-order valence-corrected chi connectivity index (χ1v) is 14.1. The number of benzene rings is 3. The molecule has 1 aromatic heterocycles. The summed E-state index contributed by atoms with van der Waals surface area (Å²) in [5, 5.41) is 4.47. The quantitative estimate of drug-likeness (QED) is 0.256. The van der Waals surface area contributed by atoms with Crippen LogP contribution in [0, 0.1) is 6.92 Å². The molecule has 6 heteroatoms. The van der Waals surface area contributed by atoms with Crippen molar-refractivity contribution in [1.82, 2.24) is 9.88 Å². The van der Waals surface area contributed by atoms with Gasteiger partial charge in [-0.15, -0.1) is 0 Å². The summed E-state index contributed by atoms with van der Waals surface area (Å²) in [6, 6.07) is 20.4. The molecule has 0 saturated carbocycles. The van der Waals surface area contributed by atoms with Crippen LogP contribution in [0.1, 0.15) is 52.2 Å². The lowest BCUT2D eigenvalue weighted by Crippen LogP contribution is -2.32. The third-order valence-electron chi connectivity index (χ3n) is 8.05. The Balaban J connectivity index is 1.80. The summed E-state index contributed by atoms with van der Waals surface area (Å²) in [5.74, 6) is 0.332. The molecule has 0 fully saturated rings. The van der Waals surface area contributed by atoms with E-state index in [1.807, 2.05) is 80.7 Å². The largest absolute Gasteiger partial charge is 0.493 e. The monoisotopic (exact) mass is 545 g/mol. The Hall–Kier alpha value is -4.71. The van der Waals surface area contributed by atoms with Crippen LogP contribution in [0.15, 0.2) is 91.2 Å². The lowest BCUT2D eigenvalue weighted by molar-refractivity contribution is 0.0245. The molecule has 0 aliphatic carbocycles. The van der Waals surface area contributed by atoms with Crippen LogP contribution in [-0.2, 0) is 16.9 Å². The minimum Gasteiger partial charge on any atom is -0.493 e. The highest BCUT2D eigenvalue weighted by molar-refractivity contribution is 6.01. The normalized spacial score (nSPS) is 17.6. The van der Waals surface area contributed by atoms with E-state index in [0.29, 0.717) is 17.9 Å². The SMILES string of the molecule is CCOc1cc(N(C)C)ccc1C1(c2c(C)n(CC)c3ccccc23)OC(=O)c2cccc(C3=CC=CC=CN3)c21. The van der Waals surface area contributed by atoms with E-state index < -0.39 is 5.60 Å². The van der Waals surface area contributed by atoms with Gasteiger partial charge in [0.2, 0.25) is 0 Å². The number of ether oxygens (including phenoxy) is 2. The van der Waals surface area contributed by atoms with Gasteiger partial charge in [-0.05, 0) is 57.2 Å². The number of carbonyl (C=O) groups excluding carboxylic acids is 1. The third-order valence-corrected chi connectivity index (χ3v) is 8.05. The molecule has 41 heavy (non-hydrogen) atoms. The van der Waals surface area contributed by atoms with E-state index in [-0.39, 0.29) is 5.97 Å². The van der Waals surface area contributed by atoms with Gasteiger partial charge >= 0.3 is 5.97 Å². The molecule has 1 unspecified atom stereocenters. The number of carbonyl (C=O) groups is 1. The summed E-state index contributed by atoms with van der Waals surface area (Å²) in [7, 11) is 4.02. The zero-order valence-corrected chi connectivity index (χ0v) is 24.2. The molecule has 0 spiro atoms. The van der Waals surface area contributed by atoms with Gasteiger partial charge in [0, 0.05) is 83.1 Å². The predicted molar refractivity (Wildman–Crippen MR) is 165 cm³/mol. The van der Waals surface area contributed by atoms with Crippen molar-refractivity contribution in [3.05, 3.63) is 125 Å². The second-order valence-corrected chi connectivity index (χ2v) is 10.5. The van der Waals surface area contributed by atoms with E-state index in [9.17, 15) is 4.79 Å². The van der Waals surface area contributed by atoms with Gasteiger partial charge in [0.1, 0.15) is 5.75 Å². The van der Waals surface area contributed by atoms with Gasteiger partial charge in [0.15, 0.2) is 5.60 Å². The van der Waals surface area contributed by atoms with Gasteiger partial charge in [-0.1, -0.05) is 42.5 Å². The molecule has 0 radical (unpaired) electrons. The maximum Gasteiger partial charge on any atom is 0.340 e. The zero-order valence-electron chi connectivity index (χ0n) is 24.2. The maximum absolute atomic E-state index is 14.0. The molecule has 0 saturated heterocycles. The molecule has 6 nitrogen and oxygen atoms in total. The van der Waals surface area contributed by atoms with Crippen LogP contribution < -0.4 is 15.0 Å². The van der Waals surface area contributed by atoms with Crippen LogP contribution in [0.5, 0.6) is 5.75 Å². The molecule has 1 atom stereocenters. The van der Waals surface area contributed by atoms with Crippen molar-refractivity contribution in [2.45, 2.75) is 32.9 Å². The number of esters is 1. The molecule has 2 aliphatic rings. The summed E-state index contributed by atoms with van der Waals surface area (Å²) in [4.78, 5) is 16.0. The number of allylic oxidation sites excluding steroid dienone is 4. The van der Waals surface area contributed by atoms with E-state index in [1.54, 1.807) is 0 Å². The van der Waals surface area contributed by atoms with Crippen molar-refractivity contribution < 1.29 is 14.3 Å². The number of aryl methyl sites for hydroxylation is 1. The number of fused-ring (bicyclic) bond motifs is 2. The first-order valence-electron chi connectivity index (χ1n) is 14.1. The highest BCUT2D eigenvalue weighted by Gasteiger charge is 2.54. The number of cyclic esters (lactones) is 1. The molecule has 208 valence electrons. The predicted octanol–water partition coefficient (Wildman–Crippen LogP) is 6.91. The Labute approximate surface area is 241 Å². The van der Waals surface area contributed by atoms with Gasteiger partial charge < -0.3 is 24.3 Å². The number of nitrogens with zero attached hydrogens (tertiary/aromatic N) is 2. The average molecular weight is 546 g/mol. The minimum absolute atomic E-state index is 0.353. The maximum atomic E-state index is 14.0. The van der Waals surface area contributed by atoms with Crippen LogP contribution >= 0.6 is 0 Å². The van der Waals surface area contributed by atoms with E-state index >= 15 is 0 Å². The van der Waals surface area contributed by atoms with Crippen molar-refractivity contribution >= 4 is 28.3 Å². The van der Waals surface area contributed by atoms with E-state index in [1.165, 1.54) is 0 Å². The Morgan fingerprint density at radius 3 is 2.54 bits per heavy atom. The lowest BCUT2D eigenvalue weighted by Gasteiger charge is -2.34. The second kappa shape index (κ2) is 10.4. The van der Waals surface area contributed by atoms with E-state index in [4.69, 9.17) is 9.47 Å². The fourth-order valence-corrected chi connectivity index (χ4v) is 6.33. The molecule has 3 aromatic carbocycles. The molecular formula is C35H35N3O3. The third kappa shape index (κ3) is 4.05. The Bertz CT molecular complexity index is 1760. The number of hydrogen-bond donors (Lipinski definition) is 1. The molecular weight excluding hydrogens is 510 g/mol. The van der Waals surface area contributed by atoms with Crippen molar-refractivity contribution in [2.75, 3.05) is 25.6 Å². The first-order chi connectivity index (χ1) is 19.9. The summed E-state index contributed by atoms with van der Waals surface area (Å²) >= 11 is 0. The summed E-state index contributed by atoms with van der Waals surface area (Å²) in [6.45, 7) is 7.50. The van der Waals surface area contributed by atoms with Crippen LogP contribution in [-0.4, -0.2) is 31.2 Å². The summed E-state index contributed by atoms with van der Waals surface area (Å²) < 4.78 is 15.4. The highest BCUT2D eigenvalue weighted by atomic mass is 16.6. The Kier molecular flexibility index (Phi) is 6.70. The summed E-state index contributed by atoms with van der Waals surface area (Å²) in [5.41, 5.74) is 6.79. The van der Waals surface area contributed by atoms with Crippen molar-refractivity contribution in [3.8, 4) is 5.75 Å². The number of aromatic nitrogens is 1. The number of hydrogen-bond acceptors (Lipinski definition) is 5. The van der Waals surface area contributed by atoms with Crippen molar-refractivity contribution in [2.24, 2.45) is 0 Å². The van der Waals surface area contributed by atoms with Crippen LogP contribution in [0.2, 0.25) is 0 Å². The molecule has 2 aliphatic heterocycles. The molecule has 3 heterocycles. The van der Waals surface area contributed by atoms with Crippen molar-refractivity contribution in [3.63, 3.8) is 0 Å². The second-order valence-electron chi connectivity index (χ2n) is 10.5. The van der Waals surface area contributed by atoms with Crippen LogP contribution in [0.25, 0.3) is 16.6 Å². The Morgan fingerprint density at radius 2 is 1.76 bits per heavy atom. The van der Waals surface area contributed by atoms with Gasteiger partial charge in [0.25, 0.3) is 0 Å². The lowest BCUT2D eigenvalue weighted by atomic mass is 9.75. The minimum atomic E-state index is -1.26. The highest BCUT2D eigenvalue weighted by Crippen LogP contribution is 2.55. The van der Waals surface area contributed by atoms with E-state index in [0.717, 1.165) is 56.8 Å². The Morgan fingerprint density at radius 1 is 0.951 bits per heavy atom. The molecule has 4 aromatic rings. The van der Waals surface area contributed by atoms with Crippen LogP contribution in [0.4, 0.5) is 5.69 Å². The standard InChI is InChI=1S/C35H35N3O3/c1-6-38-23(3)32(26-14-10-11-18-30(26)38)35(28-20-19-24(37(4)5)22-31(28)40-7-2)33-25(29-17-9-8-12-21-36-29)15-13-16-27(33)34(39)41-35/h8-22,36H,6-7H2,1-5H3. The fraction of sp³-hybridized carbons (Fsp3) is 0.229. The molecule has 0 amide bonds. The number of rotatable bonds is 7. The zero-order chi connectivity index (χ0) is 28.7. The fourth-order valence-electron chi connectivity index (χ4n) is 6.33. The van der Waals surface area contributed by atoms with E-state index in [2.05, 4.69) is 60.1 Å². The van der Waals surface area contributed by atoms with Gasteiger partial charge in [-0.25, -0.2) is 4.79 Å². The van der Waals surface area contributed by atoms with Crippen LogP contribution in [0.3, 0.4) is 0 Å².